The average Bonchev–Trinajstić information content (AvgIpc) is 3.04. The van der Waals surface area contributed by atoms with Gasteiger partial charge in [-0.05, 0) is 12.5 Å². The van der Waals surface area contributed by atoms with Crippen LogP contribution in [0.4, 0.5) is 0 Å². The van der Waals surface area contributed by atoms with Crippen LogP contribution in [0.5, 0.6) is 0 Å². The molecular weight excluding hydrogens is 395 g/mol. The Kier molecular flexibility index (Phi) is 7.28. The van der Waals surface area contributed by atoms with E-state index in [0.717, 1.165) is 24.9 Å². The van der Waals surface area contributed by atoms with Crippen molar-refractivity contribution in [1.82, 2.24) is 34.8 Å². The van der Waals surface area contributed by atoms with Gasteiger partial charge in [-0.2, -0.15) is 10.2 Å². The normalized spacial score (nSPS) is 11.2. The molecule has 1 N–H and O–H groups in total. The standard InChI is InChI=1S/C13H22N8.HI/c1-11-7-17-21(8-11)6-5-15-13(14-2)19(3)9-12-16-10-18-20(12)4;/h7-8,10H,5-6,9H2,1-4H3,(H,14,15);1H. The first-order valence-corrected chi connectivity index (χ1v) is 6.84. The van der Waals surface area contributed by atoms with E-state index in [9.17, 15) is 0 Å². The molecule has 0 saturated heterocycles. The Bertz CT molecular complexity index is 603. The van der Waals surface area contributed by atoms with Gasteiger partial charge in [0.05, 0.1) is 19.3 Å². The summed E-state index contributed by atoms with van der Waals surface area (Å²) in [5, 5.41) is 11.6. The molecule has 0 fully saturated rings. The van der Waals surface area contributed by atoms with Crippen LogP contribution in [0.25, 0.3) is 0 Å². The Labute approximate surface area is 147 Å². The van der Waals surface area contributed by atoms with Crippen molar-refractivity contribution in [2.24, 2.45) is 12.0 Å². The maximum atomic E-state index is 4.28. The number of halogens is 1. The third kappa shape index (κ3) is 4.97. The van der Waals surface area contributed by atoms with Crippen LogP contribution in [-0.4, -0.2) is 56.0 Å². The summed E-state index contributed by atoms with van der Waals surface area (Å²) in [6.45, 7) is 4.24. The quantitative estimate of drug-likeness (QED) is 0.439. The lowest BCUT2D eigenvalue weighted by molar-refractivity contribution is 0.445. The predicted octanol–water partition coefficient (Wildman–Crippen LogP) is 0.645. The van der Waals surface area contributed by atoms with Gasteiger partial charge >= 0.3 is 0 Å². The number of rotatable bonds is 5. The second-order valence-electron chi connectivity index (χ2n) is 4.91. The molecule has 22 heavy (non-hydrogen) atoms. The number of guanidine groups is 1. The molecule has 0 atom stereocenters. The van der Waals surface area contributed by atoms with Gasteiger partial charge in [0.1, 0.15) is 12.2 Å². The van der Waals surface area contributed by atoms with Crippen LogP contribution in [-0.2, 0) is 20.1 Å². The minimum atomic E-state index is 0. The van der Waals surface area contributed by atoms with Crippen LogP contribution < -0.4 is 5.32 Å². The monoisotopic (exact) mass is 418 g/mol. The molecule has 2 heterocycles. The molecule has 0 aliphatic rings. The van der Waals surface area contributed by atoms with Gasteiger partial charge in [0.15, 0.2) is 5.96 Å². The van der Waals surface area contributed by atoms with Gasteiger partial charge in [0.2, 0.25) is 0 Å². The minimum Gasteiger partial charge on any atom is -0.354 e. The third-order valence-electron chi connectivity index (χ3n) is 3.14. The van der Waals surface area contributed by atoms with E-state index in [1.54, 1.807) is 18.1 Å². The summed E-state index contributed by atoms with van der Waals surface area (Å²) in [6, 6.07) is 0. The SMILES string of the molecule is CN=C(NCCn1cc(C)cn1)N(C)Cc1ncnn1C.I. The molecule has 0 bridgehead atoms. The zero-order valence-corrected chi connectivity index (χ0v) is 15.7. The van der Waals surface area contributed by atoms with Gasteiger partial charge in [-0.25, -0.2) is 4.98 Å². The van der Waals surface area contributed by atoms with Crippen molar-refractivity contribution in [2.75, 3.05) is 20.6 Å². The molecule has 0 aliphatic carbocycles. The van der Waals surface area contributed by atoms with Crippen molar-refractivity contribution >= 4 is 29.9 Å². The fraction of sp³-hybridized carbons (Fsp3) is 0.538. The molecule has 2 aromatic rings. The fourth-order valence-electron chi connectivity index (χ4n) is 2.01. The van der Waals surface area contributed by atoms with Crippen LogP contribution in [0.2, 0.25) is 0 Å². The van der Waals surface area contributed by atoms with E-state index >= 15 is 0 Å². The lowest BCUT2D eigenvalue weighted by atomic mass is 10.4. The molecule has 0 unspecified atom stereocenters. The van der Waals surface area contributed by atoms with Crippen LogP contribution in [0.3, 0.4) is 0 Å². The summed E-state index contributed by atoms with van der Waals surface area (Å²) in [5.41, 5.74) is 1.17. The maximum Gasteiger partial charge on any atom is 0.193 e. The van der Waals surface area contributed by atoms with Crippen molar-refractivity contribution < 1.29 is 0 Å². The lowest BCUT2D eigenvalue weighted by Gasteiger charge is -2.21. The largest absolute Gasteiger partial charge is 0.354 e. The van der Waals surface area contributed by atoms with Crippen LogP contribution >= 0.6 is 24.0 Å². The topological polar surface area (TPSA) is 76.2 Å². The van der Waals surface area contributed by atoms with Crippen molar-refractivity contribution in [3.8, 4) is 0 Å². The molecule has 0 radical (unpaired) electrons. The first-order valence-electron chi connectivity index (χ1n) is 6.84. The number of hydrogen-bond acceptors (Lipinski definition) is 4. The van der Waals surface area contributed by atoms with Gasteiger partial charge in [-0.15, -0.1) is 24.0 Å². The molecule has 0 spiro atoms. The highest BCUT2D eigenvalue weighted by Gasteiger charge is 2.09. The zero-order chi connectivity index (χ0) is 15.2. The van der Waals surface area contributed by atoms with Crippen molar-refractivity contribution in [3.05, 3.63) is 30.1 Å². The molecule has 0 aromatic carbocycles. The van der Waals surface area contributed by atoms with Crippen LogP contribution in [0.15, 0.2) is 23.7 Å². The number of aryl methyl sites for hydroxylation is 2. The number of nitrogens with one attached hydrogen (secondary N) is 1. The highest BCUT2D eigenvalue weighted by molar-refractivity contribution is 14.0. The molecular formula is C13H23IN8. The number of aromatic nitrogens is 5. The second kappa shape index (κ2) is 8.71. The number of nitrogens with zero attached hydrogens (tertiary/aromatic N) is 7. The Hall–Kier alpha value is -1.65. The number of hydrogen-bond donors (Lipinski definition) is 1. The minimum absolute atomic E-state index is 0. The van der Waals surface area contributed by atoms with E-state index in [1.165, 1.54) is 5.56 Å². The van der Waals surface area contributed by atoms with E-state index in [-0.39, 0.29) is 24.0 Å². The molecule has 122 valence electrons. The van der Waals surface area contributed by atoms with Gasteiger partial charge in [-0.1, -0.05) is 0 Å². The van der Waals surface area contributed by atoms with E-state index in [1.807, 2.05) is 43.0 Å². The summed E-state index contributed by atoms with van der Waals surface area (Å²) in [5.74, 6) is 1.71. The number of aliphatic imine (C=N–C) groups is 1. The molecule has 2 aromatic heterocycles. The van der Waals surface area contributed by atoms with Crippen molar-refractivity contribution in [1.29, 1.82) is 0 Å². The highest BCUT2D eigenvalue weighted by atomic mass is 127. The summed E-state index contributed by atoms with van der Waals surface area (Å²) in [4.78, 5) is 10.5. The first-order chi connectivity index (χ1) is 10.1. The Morgan fingerprint density at radius 3 is 2.73 bits per heavy atom. The fourth-order valence-corrected chi connectivity index (χ4v) is 2.01. The average molecular weight is 418 g/mol. The lowest BCUT2D eigenvalue weighted by Crippen LogP contribution is -2.40. The zero-order valence-electron chi connectivity index (χ0n) is 13.4. The first kappa shape index (κ1) is 18.4. The van der Waals surface area contributed by atoms with E-state index in [2.05, 4.69) is 25.5 Å². The Balaban J connectivity index is 0.00000242. The second-order valence-corrected chi connectivity index (χ2v) is 4.91. The Morgan fingerprint density at radius 1 is 1.41 bits per heavy atom. The van der Waals surface area contributed by atoms with E-state index < -0.39 is 0 Å². The summed E-state index contributed by atoms with van der Waals surface area (Å²) < 4.78 is 3.68. The van der Waals surface area contributed by atoms with Gasteiger partial charge in [-0.3, -0.25) is 14.4 Å². The van der Waals surface area contributed by atoms with Gasteiger partial charge < -0.3 is 10.2 Å². The van der Waals surface area contributed by atoms with Crippen molar-refractivity contribution in [3.63, 3.8) is 0 Å². The van der Waals surface area contributed by atoms with E-state index in [0.29, 0.717) is 6.54 Å². The summed E-state index contributed by atoms with van der Waals surface area (Å²) >= 11 is 0. The molecule has 0 aliphatic heterocycles. The Morgan fingerprint density at radius 2 is 2.18 bits per heavy atom. The summed E-state index contributed by atoms with van der Waals surface area (Å²) in [6.07, 6.45) is 5.43. The van der Waals surface area contributed by atoms with E-state index in [4.69, 9.17) is 0 Å². The van der Waals surface area contributed by atoms with Crippen molar-refractivity contribution in [2.45, 2.75) is 20.0 Å². The smallest absolute Gasteiger partial charge is 0.193 e. The van der Waals surface area contributed by atoms with Gasteiger partial charge in [0, 0.05) is 33.9 Å². The van der Waals surface area contributed by atoms with Crippen LogP contribution in [0.1, 0.15) is 11.4 Å². The van der Waals surface area contributed by atoms with Gasteiger partial charge in [0.25, 0.3) is 0 Å². The molecule has 0 amide bonds. The summed E-state index contributed by atoms with van der Waals surface area (Å²) in [7, 11) is 5.63. The maximum absolute atomic E-state index is 4.28. The predicted molar refractivity (Wildman–Crippen MR) is 96.2 cm³/mol. The molecule has 2 rings (SSSR count). The van der Waals surface area contributed by atoms with Crippen LogP contribution in [0, 0.1) is 6.92 Å². The molecule has 9 heteroatoms. The third-order valence-corrected chi connectivity index (χ3v) is 3.14. The highest BCUT2D eigenvalue weighted by Crippen LogP contribution is 1.98. The molecule has 0 saturated carbocycles. The molecule has 8 nitrogen and oxygen atoms in total.